The Balaban J connectivity index is 2.24. The van der Waals surface area contributed by atoms with Gasteiger partial charge in [0.05, 0.1) is 4.90 Å². The molecule has 0 aliphatic carbocycles. The molecule has 1 aromatic heterocycles. The van der Waals surface area contributed by atoms with Gasteiger partial charge in [-0.1, -0.05) is 18.2 Å². The van der Waals surface area contributed by atoms with Crippen molar-refractivity contribution in [3.8, 4) is 0 Å². The number of halogens is 1. The van der Waals surface area contributed by atoms with Crippen LogP contribution in [0.4, 0.5) is 0 Å². The molecule has 94 valence electrons. The first-order chi connectivity index (χ1) is 8.47. The highest BCUT2D eigenvalue weighted by molar-refractivity contribution is 9.10. The average Bonchev–Trinajstić information content (AvgIpc) is 2.32. The van der Waals surface area contributed by atoms with Gasteiger partial charge in [-0.15, -0.1) is 0 Å². The van der Waals surface area contributed by atoms with Crippen molar-refractivity contribution < 1.29 is 8.42 Å². The van der Waals surface area contributed by atoms with Crippen molar-refractivity contribution >= 4 is 26.0 Å². The maximum absolute atomic E-state index is 11.1. The van der Waals surface area contributed by atoms with Gasteiger partial charge in [-0.25, -0.2) is 18.5 Å². The molecule has 0 saturated carbocycles. The number of aromatic nitrogens is 1. The fourth-order valence-corrected chi connectivity index (χ4v) is 2.47. The lowest BCUT2D eigenvalue weighted by Crippen LogP contribution is -2.11. The number of primary sulfonamides is 1. The molecule has 0 radical (unpaired) electrons. The minimum Gasteiger partial charge on any atom is -0.249 e. The average molecular weight is 327 g/mol. The predicted octanol–water partition coefficient (Wildman–Crippen LogP) is 2.08. The van der Waals surface area contributed by atoms with Crippen LogP contribution in [0.25, 0.3) is 0 Å². The van der Waals surface area contributed by atoms with Crippen LogP contribution >= 0.6 is 15.9 Å². The van der Waals surface area contributed by atoms with Gasteiger partial charge in [-0.05, 0) is 45.3 Å². The van der Waals surface area contributed by atoms with E-state index in [-0.39, 0.29) is 4.90 Å². The molecule has 0 amide bonds. The number of pyridine rings is 1. The summed E-state index contributed by atoms with van der Waals surface area (Å²) in [6, 6.07) is 10.3. The highest BCUT2D eigenvalue weighted by Crippen LogP contribution is 2.18. The monoisotopic (exact) mass is 326 g/mol. The largest absolute Gasteiger partial charge is 0.249 e. The molecule has 2 N–H and O–H groups in total. The van der Waals surface area contributed by atoms with E-state index in [0.717, 1.165) is 15.7 Å². The third-order valence-electron chi connectivity index (χ3n) is 2.48. The van der Waals surface area contributed by atoms with Gasteiger partial charge in [-0.2, -0.15) is 0 Å². The van der Waals surface area contributed by atoms with Crippen molar-refractivity contribution in [2.24, 2.45) is 5.14 Å². The number of nitrogens with two attached hydrogens (primary N) is 1. The van der Waals surface area contributed by atoms with Crippen LogP contribution in [0.5, 0.6) is 0 Å². The first-order valence-corrected chi connectivity index (χ1v) is 7.52. The lowest BCUT2D eigenvalue weighted by molar-refractivity contribution is 0.598. The Morgan fingerprint density at radius 1 is 1.17 bits per heavy atom. The molecule has 2 rings (SSSR count). The van der Waals surface area contributed by atoms with Crippen molar-refractivity contribution in [3.63, 3.8) is 0 Å². The van der Waals surface area contributed by atoms with Crippen LogP contribution in [0.1, 0.15) is 11.1 Å². The van der Waals surface area contributed by atoms with Crippen molar-refractivity contribution in [1.29, 1.82) is 0 Å². The summed E-state index contributed by atoms with van der Waals surface area (Å²) in [6.45, 7) is 0. The predicted molar refractivity (Wildman–Crippen MR) is 72.6 cm³/mol. The molecule has 0 fully saturated rings. The maximum Gasteiger partial charge on any atom is 0.238 e. The molecule has 0 bridgehead atoms. The van der Waals surface area contributed by atoms with E-state index in [1.807, 2.05) is 12.1 Å². The fraction of sp³-hybridized carbons (Fsp3) is 0.0833. The van der Waals surface area contributed by atoms with Gasteiger partial charge in [0.25, 0.3) is 0 Å². The summed E-state index contributed by atoms with van der Waals surface area (Å²) in [5.41, 5.74) is 2.04. The van der Waals surface area contributed by atoms with Gasteiger partial charge in [0, 0.05) is 12.6 Å². The molecule has 2 aromatic rings. The number of hydrogen-bond acceptors (Lipinski definition) is 3. The third-order valence-corrected chi connectivity index (χ3v) is 4.13. The summed E-state index contributed by atoms with van der Waals surface area (Å²) in [7, 11) is -3.62. The van der Waals surface area contributed by atoms with Crippen LogP contribution < -0.4 is 5.14 Å². The second-order valence-electron chi connectivity index (χ2n) is 3.82. The Morgan fingerprint density at radius 3 is 2.39 bits per heavy atom. The standard InChI is InChI=1S/C12H11BrN2O2S/c13-12-10(2-1-7-15-12)8-9-3-5-11(6-4-9)18(14,16)17/h1-7H,8H2,(H2,14,16,17). The van der Waals surface area contributed by atoms with Crippen LogP contribution in [0.2, 0.25) is 0 Å². The van der Waals surface area contributed by atoms with Crippen molar-refractivity contribution in [2.45, 2.75) is 11.3 Å². The summed E-state index contributed by atoms with van der Waals surface area (Å²) in [4.78, 5) is 4.25. The first-order valence-electron chi connectivity index (χ1n) is 5.18. The number of sulfonamides is 1. The van der Waals surface area contributed by atoms with E-state index in [1.165, 1.54) is 12.1 Å². The number of hydrogen-bond donors (Lipinski definition) is 1. The Labute approximate surface area is 114 Å². The zero-order valence-electron chi connectivity index (χ0n) is 9.38. The Morgan fingerprint density at radius 2 is 1.83 bits per heavy atom. The van der Waals surface area contributed by atoms with Crippen LogP contribution in [0.15, 0.2) is 52.1 Å². The van der Waals surface area contributed by atoms with E-state index in [2.05, 4.69) is 20.9 Å². The second kappa shape index (κ2) is 5.17. The van der Waals surface area contributed by atoms with Gasteiger partial charge in [-0.3, -0.25) is 0 Å². The SMILES string of the molecule is NS(=O)(=O)c1ccc(Cc2cccnc2Br)cc1. The zero-order chi connectivity index (χ0) is 13.2. The lowest BCUT2D eigenvalue weighted by Gasteiger charge is -2.04. The molecular formula is C12H11BrN2O2S. The maximum atomic E-state index is 11.1. The van der Waals surface area contributed by atoms with Gasteiger partial charge >= 0.3 is 0 Å². The van der Waals surface area contributed by atoms with Crippen LogP contribution in [-0.2, 0) is 16.4 Å². The molecule has 0 aliphatic heterocycles. The van der Waals surface area contributed by atoms with Gasteiger partial charge in [0.15, 0.2) is 0 Å². The molecule has 1 aromatic carbocycles. The van der Waals surface area contributed by atoms with Crippen molar-refractivity contribution in [1.82, 2.24) is 4.98 Å². The highest BCUT2D eigenvalue weighted by atomic mass is 79.9. The molecule has 0 saturated heterocycles. The van der Waals surface area contributed by atoms with E-state index < -0.39 is 10.0 Å². The summed E-state index contributed by atoms with van der Waals surface area (Å²) < 4.78 is 23.0. The van der Waals surface area contributed by atoms with Crippen LogP contribution in [0, 0.1) is 0 Å². The second-order valence-corrected chi connectivity index (χ2v) is 6.13. The molecule has 6 heteroatoms. The Hall–Kier alpha value is -1.24. The smallest absolute Gasteiger partial charge is 0.238 e. The molecule has 0 atom stereocenters. The highest BCUT2D eigenvalue weighted by Gasteiger charge is 2.07. The summed E-state index contributed by atoms with van der Waals surface area (Å²) in [5, 5.41) is 5.04. The normalized spacial score (nSPS) is 11.4. The van der Waals surface area contributed by atoms with E-state index in [1.54, 1.807) is 18.3 Å². The van der Waals surface area contributed by atoms with Crippen molar-refractivity contribution in [2.75, 3.05) is 0 Å². The Bertz CT molecular complexity index is 654. The number of rotatable bonds is 3. The zero-order valence-corrected chi connectivity index (χ0v) is 11.8. The molecule has 4 nitrogen and oxygen atoms in total. The molecule has 18 heavy (non-hydrogen) atoms. The van der Waals surface area contributed by atoms with Gasteiger partial charge < -0.3 is 0 Å². The van der Waals surface area contributed by atoms with Crippen molar-refractivity contribution in [3.05, 3.63) is 58.3 Å². The quantitative estimate of drug-likeness (QED) is 0.877. The minimum atomic E-state index is -3.62. The van der Waals surface area contributed by atoms with E-state index in [9.17, 15) is 8.42 Å². The molecule has 0 unspecified atom stereocenters. The summed E-state index contributed by atoms with van der Waals surface area (Å²) in [5.74, 6) is 0. The number of benzene rings is 1. The summed E-state index contributed by atoms with van der Waals surface area (Å²) in [6.07, 6.45) is 2.39. The Kier molecular flexibility index (Phi) is 3.79. The molecule has 0 aliphatic rings. The van der Waals surface area contributed by atoms with Crippen LogP contribution in [-0.4, -0.2) is 13.4 Å². The third kappa shape index (κ3) is 3.16. The topological polar surface area (TPSA) is 73.1 Å². The minimum absolute atomic E-state index is 0.122. The van der Waals surface area contributed by atoms with E-state index in [0.29, 0.717) is 6.42 Å². The van der Waals surface area contributed by atoms with Gasteiger partial charge in [0.1, 0.15) is 4.60 Å². The van der Waals surface area contributed by atoms with E-state index >= 15 is 0 Å². The molecule has 0 spiro atoms. The van der Waals surface area contributed by atoms with Gasteiger partial charge in [0.2, 0.25) is 10.0 Å². The molecular weight excluding hydrogens is 316 g/mol. The van der Waals surface area contributed by atoms with E-state index in [4.69, 9.17) is 5.14 Å². The van der Waals surface area contributed by atoms with Crippen LogP contribution in [0.3, 0.4) is 0 Å². The number of nitrogens with zero attached hydrogens (tertiary/aromatic N) is 1. The first kappa shape index (κ1) is 13.2. The lowest BCUT2D eigenvalue weighted by atomic mass is 10.1. The summed E-state index contributed by atoms with van der Waals surface area (Å²) >= 11 is 3.37. The molecule has 1 heterocycles. The fourth-order valence-electron chi connectivity index (χ4n) is 1.57.